The highest BCUT2D eigenvalue weighted by Gasteiger charge is 2.50. The van der Waals surface area contributed by atoms with E-state index < -0.39 is 17.7 Å². The zero-order chi connectivity index (χ0) is 18.6. The van der Waals surface area contributed by atoms with Gasteiger partial charge in [0.2, 0.25) is 0 Å². The molecule has 3 fully saturated rings. The minimum absolute atomic E-state index is 0.287. The largest absolute Gasteiger partial charge is 0.340 e. The van der Waals surface area contributed by atoms with E-state index in [0.717, 1.165) is 41.6 Å². The fourth-order valence-electron chi connectivity index (χ4n) is 5.23. The highest BCUT2D eigenvalue weighted by Crippen LogP contribution is 2.41. The monoisotopic (exact) mass is 396 g/mol. The molecule has 5 nitrogen and oxygen atoms in total. The van der Waals surface area contributed by atoms with Gasteiger partial charge in [0.1, 0.15) is 0 Å². The van der Waals surface area contributed by atoms with Crippen LogP contribution in [0.2, 0.25) is 0 Å². The van der Waals surface area contributed by atoms with Crippen LogP contribution in [0.3, 0.4) is 0 Å². The number of hydrogen-bond donors (Lipinski definition) is 1. The van der Waals surface area contributed by atoms with E-state index >= 15 is 0 Å². The fraction of sp³-hybridized carbons (Fsp3) is 0.789. The van der Waals surface area contributed by atoms with Gasteiger partial charge in [-0.05, 0) is 25.7 Å². The Balaban J connectivity index is 1.33. The van der Waals surface area contributed by atoms with Gasteiger partial charge in [-0.1, -0.05) is 24.2 Å². The average Bonchev–Trinajstić information content (AvgIpc) is 3.38. The van der Waals surface area contributed by atoms with Crippen molar-refractivity contribution in [2.45, 2.75) is 69.5 Å². The van der Waals surface area contributed by atoms with Crippen molar-refractivity contribution in [2.24, 2.45) is 5.92 Å². The number of nitrogens with one attached hydrogen (secondary N) is 1. The lowest BCUT2D eigenvalue weighted by Gasteiger charge is -2.35. The van der Waals surface area contributed by atoms with Crippen LogP contribution >= 0.6 is 11.3 Å². The molecule has 0 spiro atoms. The lowest BCUT2D eigenvalue weighted by molar-refractivity contribution is -0.166. The van der Waals surface area contributed by atoms with Crippen LogP contribution < -0.4 is 10.2 Å². The summed E-state index contributed by atoms with van der Waals surface area (Å²) in [6, 6.07) is 0.974. The van der Waals surface area contributed by atoms with Gasteiger partial charge in [-0.2, -0.15) is 8.78 Å². The van der Waals surface area contributed by atoms with Gasteiger partial charge in [-0.3, -0.25) is 4.79 Å². The first-order valence-electron chi connectivity index (χ1n) is 10.2. The number of amides is 1. The van der Waals surface area contributed by atoms with E-state index in [1.165, 1.54) is 17.7 Å². The number of carbonyl (C=O) groups excluding carboxylic acids is 1. The number of fused-ring (bicyclic) bond motifs is 3. The van der Waals surface area contributed by atoms with E-state index in [2.05, 4.69) is 10.2 Å². The van der Waals surface area contributed by atoms with E-state index in [0.29, 0.717) is 37.9 Å². The van der Waals surface area contributed by atoms with E-state index in [9.17, 15) is 13.6 Å². The number of halogens is 2. The second-order valence-electron chi connectivity index (χ2n) is 8.40. The Morgan fingerprint density at radius 2 is 1.85 bits per heavy atom. The molecule has 1 aromatic heterocycles. The number of thiazole rings is 1. The normalized spacial score (nSPS) is 28.7. The highest BCUT2D eigenvalue weighted by atomic mass is 32.1. The first kappa shape index (κ1) is 17.8. The summed E-state index contributed by atoms with van der Waals surface area (Å²) in [4.78, 5) is 22.2. The molecule has 4 heterocycles. The molecule has 1 N–H and O–H groups in total. The minimum Gasteiger partial charge on any atom is -0.340 e. The standard InChI is InChI=1S/C19H26F2N4OS/c20-19(21,12-3-1-2-4-12)17(26)24-8-7-15-16(11-24)27-18(23-15)25-13-5-6-14(25)10-22-9-13/h12-14,22H,1-11H2. The third kappa shape index (κ3) is 2.95. The molecule has 2 saturated heterocycles. The van der Waals surface area contributed by atoms with Gasteiger partial charge in [-0.15, -0.1) is 0 Å². The van der Waals surface area contributed by atoms with Crippen LogP contribution in [0.1, 0.15) is 49.1 Å². The Morgan fingerprint density at radius 1 is 1.15 bits per heavy atom. The Morgan fingerprint density at radius 3 is 2.56 bits per heavy atom. The number of piperazine rings is 1. The molecule has 1 aromatic rings. The summed E-state index contributed by atoms with van der Waals surface area (Å²) in [6.07, 6.45) is 5.49. The van der Waals surface area contributed by atoms with E-state index in [-0.39, 0.29) is 6.54 Å². The van der Waals surface area contributed by atoms with Gasteiger partial charge in [0.15, 0.2) is 5.13 Å². The van der Waals surface area contributed by atoms with Gasteiger partial charge in [0, 0.05) is 48.9 Å². The SMILES string of the molecule is O=C(N1CCc2nc(N3C4CCC3CNC4)sc2C1)C(F)(F)C1CCCC1. The molecule has 1 aliphatic carbocycles. The molecular weight excluding hydrogens is 370 g/mol. The Bertz CT molecular complexity index is 717. The molecule has 0 aromatic carbocycles. The minimum atomic E-state index is -3.22. The van der Waals surface area contributed by atoms with Crippen molar-refractivity contribution in [3.8, 4) is 0 Å². The van der Waals surface area contributed by atoms with Crippen molar-refractivity contribution in [1.29, 1.82) is 0 Å². The number of aromatic nitrogens is 1. The number of alkyl halides is 2. The molecule has 3 aliphatic heterocycles. The molecule has 0 radical (unpaired) electrons. The highest BCUT2D eigenvalue weighted by molar-refractivity contribution is 7.15. The summed E-state index contributed by atoms with van der Waals surface area (Å²) in [5.41, 5.74) is 1.00. The number of anilines is 1. The van der Waals surface area contributed by atoms with Gasteiger partial charge in [0.05, 0.1) is 12.2 Å². The van der Waals surface area contributed by atoms with Crippen LogP contribution in [0.5, 0.6) is 0 Å². The van der Waals surface area contributed by atoms with Crippen molar-refractivity contribution in [1.82, 2.24) is 15.2 Å². The number of hydrogen-bond acceptors (Lipinski definition) is 5. The average molecular weight is 397 g/mol. The number of nitrogens with zero attached hydrogens (tertiary/aromatic N) is 3. The second kappa shape index (κ2) is 6.65. The second-order valence-corrected chi connectivity index (χ2v) is 9.46. The van der Waals surface area contributed by atoms with Crippen LogP contribution in [-0.4, -0.2) is 53.4 Å². The van der Waals surface area contributed by atoms with Crippen molar-refractivity contribution >= 4 is 22.4 Å². The maximum absolute atomic E-state index is 14.7. The smallest absolute Gasteiger partial charge is 0.327 e. The van der Waals surface area contributed by atoms with Crippen molar-refractivity contribution < 1.29 is 13.6 Å². The first-order valence-corrected chi connectivity index (χ1v) is 11.0. The third-order valence-electron chi connectivity index (χ3n) is 6.76. The van der Waals surface area contributed by atoms with Crippen LogP contribution in [0.4, 0.5) is 13.9 Å². The quantitative estimate of drug-likeness (QED) is 0.854. The van der Waals surface area contributed by atoms with E-state index in [4.69, 9.17) is 4.98 Å². The van der Waals surface area contributed by atoms with Crippen molar-refractivity contribution in [2.75, 3.05) is 24.5 Å². The van der Waals surface area contributed by atoms with Crippen LogP contribution in [0.15, 0.2) is 0 Å². The molecular formula is C19H26F2N4OS. The summed E-state index contributed by atoms with van der Waals surface area (Å²) in [6.45, 7) is 2.61. The third-order valence-corrected chi connectivity index (χ3v) is 7.86. The van der Waals surface area contributed by atoms with Crippen LogP contribution in [-0.2, 0) is 17.8 Å². The lowest BCUT2D eigenvalue weighted by Crippen LogP contribution is -2.51. The predicted octanol–water partition coefficient (Wildman–Crippen LogP) is 2.79. The molecule has 2 bridgehead atoms. The molecule has 4 aliphatic rings. The Hall–Kier alpha value is -1.28. The maximum atomic E-state index is 14.7. The summed E-state index contributed by atoms with van der Waals surface area (Å²) in [5.74, 6) is -4.98. The van der Waals surface area contributed by atoms with Gasteiger partial charge in [0.25, 0.3) is 5.91 Å². The number of carbonyl (C=O) groups is 1. The summed E-state index contributed by atoms with van der Waals surface area (Å²) in [7, 11) is 0. The van der Waals surface area contributed by atoms with Crippen LogP contribution in [0, 0.1) is 5.92 Å². The first-order chi connectivity index (χ1) is 13.0. The topological polar surface area (TPSA) is 48.5 Å². The summed E-state index contributed by atoms with van der Waals surface area (Å²) >= 11 is 1.60. The van der Waals surface area contributed by atoms with E-state index in [1.807, 2.05) is 0 Å². The number of rotatable bonds is 3. The molecule has 1 saturated carbocycles. The van der Waals surface area contributed by atoms with E-state index in [1.54, 1.807) is 11.3 Å². The molecule has 5 rings (SSSR count). The molecule has 2 unspecified atom stereocenters. The zero-order valence-electron chi connectivity index (χ0n) is 15.4. The van der Waals surface area contributed by atoms with Crippen molar-refractivity contribution in [3.63, 3.8) is 0 Å². The van der Waals surface area contributed by atoms with Gasteiger partial charge < -0.3 is 15.1 Å². The van der Waals surface area contributed by atoms with Gasteiger partial charge in [-0.25, -0.2) is 4.98 Å². The molecule has 8 heteroatoms. The van der Waals surface area contributed by atoms with Crippen LogP contribution in [0.25, 0.3) is 0 Å². The molecule has 148 valence electrons. The molecule has 1 amide bonds. The summed E-state index contributed by atoms with van der Waals surface area (Å²) < 4.78 is 29.3. The zero-order valence-corrected chi connectivity index (χ0v) is 16.2. The molecule has 27 heavy (non-hydrogen) atoms. The fourth-order valence-corrected chi connectivity index (χ4v) is 6.50. The summed E-state index contributed by atoms with van der Waals surface area (Å²) in [5, 5.41) is 4.49. The maximum Gasteiger partial charge on any atom is 0.327 e. The Labute approximate surface area is 162 Å². The lowest BCUT2D eigenvalue weighted by atomic mass is 9.98. The molecule has 2 atom stereocenters. The van der Waals surface area contributed by atoms with Gasteiger partial charge >= 0.3 is 5.92 Å². The Kier molecular flexibility index (Phi) is 4.39. The predicted molar refractivity (Wildman–Crippen MR) is 100 cm³/mol. The van der Waals surface area contributed by atoms with Crippen molar-refractivity contribution in [3.05, 3.63) is 10.6 Å².